The number of ether oxygens (including phenoxy) is 2. The Morgan fingerprint density at radius 2 is 1.92 bits per heavy atom. The monoisotopic (exact) mass is 368 g/mol. The summed E-state index contributed by atoms with van der Waals surface area (Å²) in [6.45, 7) is 7.49. The van der Waals surface area contributed by atoms with Crippen LogP contribution in [-0.2, 0) is 17.9 Å². The van der Waals surface area contributed by atoms with Crippen molar-refractivity contribution in [1.29, 1.82) is 0 Å². The quantitative estimate of drug-likeness (QED) is 0.726. The summed E-state index contributed by atoms with van der Waals surface area (Å²) in [6, 6.07) is 12.5. The summed E-state index contributed by atoms with van der Waals surface area (Å²) in [7, 11) is 0. The molecule has 1 aromatic heterocycles. The number of hydrogen-bond donors (Lipinski definition) is 1. The fourth-order valence-corrected chi connectivity index (χ4v) is 3.16. The smallest absolute Gasteiger partial charge is 0.122 e. The average molecular weight is 369 g/mol. The standard InChI is InChI=1S/C18H24N2O2S.ClH/c1-2-18(23-13-1)15-22-17-5-3-16(4-6-17)14-19-7-8-20-9-11-21-12-10-20;/h1-6,13,19H,7-12,14-15H2;1H. The summed E-state index contributed by atoms with van der Waals surface area (Å²) in [5.74, 6) is 0.926. The third kappa shape index (κ3) is 6.42. The van der Waals surface area contributed by atoms with Crippen LogP contribution < -0.4 is 10.1 Å². The largest absolute Gasteiger partial charge is 0.488 e. The zero-order chi connectivity index (χ0) is 15.7. The number of nitrogens with zero attached hydrogens (tertiary/aromatic N) is 1. The van der Waals surface area contributed by atoms with Gasteiger partial charge in [-0.3, -0.25) is 4.90 Å². The number of thiophene rings is 1. The van der Waals surface area contributed by atoms with Crippen LogP contribution in [0.25, 0.3) is 0 Å². The third-order valence-electron chi connectivity index (χ3n) is 3.92. The van der Waals surface area contributed by atoms with Gasteiger partial charge in [0.15, 0.2) is 0 Å². The molecule has 1 N–H and O–H groups in total. The highest BCUT2D eigenvalue weighted by molar-refractivity contribution is 7.09. The van der Waals surface area contributed by atoms with Crippen LogP contribution in [0, 0.1) is 0 Å². The Labute approximate surface area is 154 Å². The molecular formula is C18H25ClN2O2S. The predicted molar refractivity (Wildman–Crippen MR) is 101 cm³/mol. The molecule has 4 nitrogen and oxygen atoms in total. The van der Waals surface area contributed by atoms with E-state index in [1.807, 2.05) is 12.1 Å². The van der Waals surface area contributed by atoms with Gasteiger partial charge in [0.25, 0.3) is 0 Å². The van der Waals surface area contributed by atoms with Crippen molar-refractivity contribution < 1.29 is 9.47 Å². The second kappa shape index (κ2) is 10.7. The zero-order valence-corrected chi connectivity index (χ0v) is 15.4. The van der Waals surface area contributed by atoms with Gasteiger partial charge in [0.05, 0.1) is 13.2 Å². The maximum absolute atomic E-state index is 5.78. The van der Waals surface area contributed by atoms with Crippen molar-refractivity contribution in [3.63, 3.8) is 0 Å². The molecule has 1 fully saturated rings. The third-order valence-corrected chi connectivity index (χ3v) is 4.77. The second-order valence-corrected chi connectivity index (χ2v) is 6.68. The van der Waals surface area contributed by atoms with Gasteiger partial charge in [0.2, 0.25) is 0 Å². The van der Waals surface area contributed by atoms with Crippen molar-refractivity contribution in [3.8, 4) is 5.75 Å². The van der Waals surface area contributed by atoms with Crippen LogP contribution in [-0.4, -0.2) is 44.3 Å². The van der Waals surface area contributed by atoms with E-state index in [4.69, 9.17) is 9.47 Å². The van der Waals surface area contributed by atoms with E-state index in [1.165, 1.54) is 10.4 Å². The van der Waals surface area contributed by atoms with Crippen molar-refractivity contribution in [2.75, 3.05) is 39.4 Å². The summed E-state index contributed by atoms with van der Waals surface area (Å²) >= 11 is 1.72. The molecule has 1 aromatic carbocycles. The van der Waals surface area contributed by atoms with Gasteiger partial charge in [0, 0.05) is 37.6 Å². The molecule has 6 heteroatoms. The molecule has 1 saturated heterocycles. The molecule has 1 aliphatic rings. The van der Waals surface area contributed by atoms with E-state index in [0.717, 1.165) is 51.7 Å². The number of morpholine rings is 1. The van der Waals surface area contributed by atoms with E-state index in [2.05, 4.69) is 39.9 Å². The van der Waals surface area contributed by atoms with E-state index in [0.29, 0.717) is 6.61 Å². The number of rotatable bonds is 8. The Morgan fingerprint density at radius 1 is 1.12 bits per heavy atom. The van der Waals surface area contributed by atoms with Gasteiger partial charge < -0.3 is 14.8 Å². The lowest BCUT2D eigenvalue weighted by Gasteiger charge is -2.26. The maximum atomic E-state index is 5.78. The van der Waals surface area contributed by atoms with Crippen LogP contribution in [0.3, 0.4) is 0 Å². The number of nitrogens with one attached hydrogen (secondary N) is 1. The van der Waals surface area contributed by atoms with Gasteiger partial charge in [-0.2, -0.15) is 0 Å². The van der Waals surface area contributed by atoms with Gasteiger partial charge in [-0.15, -0.1) is 23.7 Å². The fourth-order valence-electron chi connectivity index (χ4n) is 2.55. The Balaban J connectivity index is 0.00000208. The molecule has 132 valence electrons. The van der Waals surface area contributed by atoms with Gasteiger partial charge in [-0.1, -0.05) is 18.2 Å². The first kappa shape index (κ1) is 19.2. The summed E-state index contributed by atoms with van der Waals surface area (Å²) in [5, 5.41) is 5.57. The molecule has 0 aliphatic carbocycles. The first-order valence-electron chi connectivity index (χ1n) is 8.15. The molecule has 0 bridgehead atoms. The topological polar surface area (TPSA) is 33.7 Å². The van der Waals surface area contributed by atoms with Crippen LogP contribution in [0.15, 0.2) is 41.8 Å². The summed E-state index contributed by atoms with van der Waals surface area (Å²) in [6.07, 6.45) is 0. The molecule has 2 heterocycles. The SMILES string of the molecule is Cl.c1csc(COc2ccc(CNCCN3CCOCC3)cc2)c1. The molecular weight excluding hydrogens is 344 g/mol. The number of hydrogen-bond acceptors (Lipinski definition) is 5. The minimum atomic E-state index is 0. The minimum Gasteiger partial charge on any atom is -0.488 e. The van der Waals surface area contributed by atoms with E-state index >= 15 is 0 Å². The van der Waals surface area contributed by atoms with Gasteiger partial charge in [-0.05, 0) is 29.1 Å². The molecule has 2 aromatic rings. The van der Waals surface area contributed by atoms with Crippen molar-refractivity contribution >= 4 is 23.7 Å². The Kier molecular flexibility index (Phi) is 8.56. The van der Waals surface area contributed by atoms with Crippen molar-refractivity contribution in [3.05, 3.63) is 52.2 Å². The van der Waals surface area contributed by atoms with Crippen molar-refractivity contribution in [2.45, 2.75) is 13.2 Å². The van der Waals surface area contributed by atoms with Crippen LogP contribution in [0.5, 0.6) is 5.75 Å². The molecule has 0 atom stereocenters. The summed E-state index contributed by atoms with van der Waals surface area (Å²) in [4.78, 5) is 3.69. The highest BCUT2D eigenvalue weighted by atomic mass is 35.5. The average Bonchev–Trinajstić information content (AvgIpc) is 3.12. The van der Waals surface area contributed by atoms with Gasteiger partial charge in [-0.25, -0.2) is 0 Å². The molecule has 0 unspecified atom stereocenters. The molecule has 0 amide bonds. The minimum absolute atomic E-state index is 0. The van der Waals surface area contributed by atoms with E-state index in [1.54, 1.807) is 11.3 Å². The van der Waals surface area contributed by atoms with Gasteiger partial charge >= 0.3 is 0 Å². The van der Waals surface area contributed by atoms with Crippen molar-refractivity contribution in [1.82, 2.24) is 10.2 Å². The summed E-state index contributed by atoms with van der Waals surface area (Å²) in [5.41, 5.74) is 1.29. The first-order valence-corrected chi connectivity index (χ1v) is 9.03. The predicted octanol–water partition coefficient (Wildman–Crippen LogP) is 3.17. The van der Waals surface area contributed by atoms with E-state index < -0.39 is 0 Å². The van der Waals surface area contributed by atoms with Crippen LogP contribution in [0.2, 0.25) is 0 Å². The molecule has 1 aliphatic heterocycles. The Morgan fingerprint density at radius 3 is 2.62 bits per heavy atom. The van der Waals surface area contributed by atoms with Crippen molar-refractivity contribution in [2.24, 2.45) is 0 Å². The fraction of sp³-hybridized carbons (Fsp3) is 0.444. The second-order valence-electron chi connectivity index (χ2n) is 5.64. The number of benzene rings is 1. The van der Waals surface area contributed by atoms with Gasteiger partial charge in [0.1, 0.15) is 12.4 Å². The lowest BCUT2D eigenvalue weighted by molar-refractivity contribution is 0.0384. The molecule has 0 radical (unpaired) electrons. The summed E-state index contributed by atoms with van der Waals surface area (Å²) < 4.78 is 11.1. The Bertz CT molecular complexity index is 557. The highest BCUT2D eigenvalue weighted by Gasteiger charge is 2.08. The maximum Gasteiger partial charge on any atom is 0.122 e. The van der Waals surface area contributed by atoms with Crippen LogP contribution in [0.1, 0.15) is 10.4 Å². The van der Waals surface area contributed by atoms with E-state index in [9.17, 15) is 0 Å². The Hall–Kier alpha value is -1.11. The first-order chi connectivity index (χ1) is 11.4. The van der Waals surface area contributed by atoms with E-state index in [-0.39, 0.29) is 12.4 Å². The lowest BCUT2D eigenvalue weighted by Crippen LogP contribution is -2.40. The number of halogens is 1. The van der Waals surface area contributed by atoms with Crippen LogP contribution in [0.4, 0.5) is 0 Å². The lowest BCUT2D eigenvalue weighted by atomic mass is 10.2. The van der Waals surface area contributed by atoms with Crippen LogP contribution >= 0.6 is 23.7 Å². The molecule has 0 spiro atoms. The normalized spacial score (nSPS) is 15.0. The highest BCUT2D eigenvalue weighted by Crippen LogP contribution is 2.16. The molecule has 24 heavy (non-hydrogen) atoms. The molecule has 3 rings (SSSR count). The molecule has 0 saturated carbocycles. The zero-order valence-electron chi connectivity index (χ0n) is 13.8.